The SMILES string of the molecule is CC1(CN2CCC(C(=O)Nc3ccc(F)c(Cl)c3)CC2)CCNC1. The van der Waals surface area contributed by atoms with Crippen molar-refractivity contribution in [2.45, 2.75) is 26.2 Å². The second kappa shape index (κ2) is 7.38. The summed E-state index contributed by atoms with van der Waals surface area (Å²) < 4.78 is 13.2. The van der Waals surface area contributed by atoms with Crippen LogP contribution in [0.4, 0.5) is 10.1 Å². The van der Waals surface area contributed by atoms with Crippen LogP contribution in [-0.4, -0.2) is 43.5 Å². The van der Waals surface area contributed by atoms with E-state index in [0.717, 1.165) is 45.6 Å². The van der Waals surface area contributed by atoms with Crippen molar-refractivity contribution in [2.75, 3.05) is 38.0 Å². The van der Waals surface area contributed by atoms with Crippen LogP contribution in [0.1, 0.15) is 26.2 Å². The molecule has 0 aromatic heterocycles. The second-order valence-corrected chi connectivity index (χ2v) is 7.81. The van der Waals surface area contributed by atoms with Crippen molar-refractivity contribution in [3.8, 4) is 0 Å². The summed E-state index contributed by atoms with van der Waals surface area (Å²) >= 11 is 5.76. The molecule has 1 amide bonds. The number of carbonyl (C=O) groups excluding carboxylic acids is 1. The minimum atomic E-state index is -0.474. The Morgan fingerprint density at radius 1 is 1.46 bits per heavy atom. The smallest absolute Gasteiger partial charge is 0.227 e. The van der Waals surface area contributed by atoms with E-state index in [-0.39, 0.29) is 16.8 Å². The van der Waals surface area contributed by atoms with E-state index in [1.807, 2.05) is 0 Å². The highest BCUT2D eigenvalue weighted by Crippen LogP contribution is 2.28. The van der Waals surface area contributed by atoms with Crippen molar-refractivity contribution in [3.63, 3.8) is 0 Å². The van der Waals surface area contributed by atoms with Crippen LogP contribution in [0, 0.1) is 17.2 Å². The largest absolute Gasteiger partial charge is 0.326 e. The molecule has 1 aromatic carbocycles. The van der Waals surface area contributed by atoms with Crippen molar-refractivity contribution in [1.82, 2.24) is 10.2 Å². The number of rotatable bonds is 4. The van der Waals surface area contributed by atoms with Crippen LogP contribution in [0.15, 0.2) is 18.2 Å². The molecular formula is C18H25ClFN3O. The second-order valence-electron chi connectivity index (χ2n) is 7.41. The maximum atomic E-state index is 13.2. The molecule has 2 aliphatic rings. The van der Waals surface area contributed by atoms with Gasteiger partial charge in [-0.05, 0) is 62.5 Å². The van der Waals surface area contributed by atoms with Gasteiger partial charge in [0, 0.05) is 24.7 Å². The predicted octanol–water partition coefficient (Wildman–Crippen LogP) is 3.13. The lowest BCUT2D eigenvalue weighted by Crippen LogP contribution is -2.43. The summed E-state index contributed by atoms with van der Waals surface area (Å²) in [6.45, 7) is 7.54. The van der Waals surface area contributed by atoms with Crippen molar-refractivity contribution < 1.29 is 9.18 Å². The summed E-state index contributed by atoms with van der Waals surface area (Å²) in [7, 11) is 0. The molecule has 1 unspecified atom stereocenters. The van der Waals surface area contributed by atoms with Gasteiger partial charge in [0.05, 0.1) is 5.02 Å². The Balaban J connectivity index is 1.48. The molecule has 0 saturated carbocycles. The van der Waals surface area contributed by atoms with Gasteiger partial charge in [0.1, 0.15) is 5.82 Å². The molecule has 2 aliphatic heterocycles. The Morgan fingerprint density at radius 2 is 2.21 bits per heavy atom. The Kier molecular flexibility index (Phi) is 5.42. The summed E-state index contributed by atoms with van der Waals surface area (Å²) in [5, 5.41) is 6.32. The van der Waals surface area contributed by atoms with Gasteiger partial charge < -0.3 is 15.5 Å². The summed E-state index contributed by atoms with van der Waals surface area (Å²) in [5.74, 6) is -0.455. The fraction of sp³-hybridized carbons (Fsp3) is 0.611. The number of hydrogen-bond donors (Lipinski definition) is 2. The zero-order valence-electron chi connectivity index (χ0n) is 14.1. The van der Waals surface area contributed by atoms with Gasteiger partial charge >= 0.3 is 0 Å². The number of carbonyl (C=O) groups is 1. The molecule has 0 spiro atoms. The monoisotopic (exact) mass is 353 g/mol. The molecule has 0 aliphatic carbocycles. The van der Waals surface area contributed by atoms with Crippen LogP contribution in [0.5, 0.6) is 0 Å². The zero-order chi connectivity index (χ0) is 17.2. The molecule has 2 saturated heterocycles. The molecule has 2 N–H and O–H groups in total. The fourth-order valence-corrected chi connectivity index (χ4v) is 3.90. The minimum Gasteiger partial charge on any atom is -0.326 e. The molecule has 0 radical (unpaired) electrons. The molecule has 3 rings (SSSR count). The van der Waals surface area contributed by atoms with Crippen LogP contribution in [0.3, 0.4) is 0 Å². The Hall–Kier alpha value is -1.17. The highest BCUT2D eigenvalue weighted by Gasteiger charge is 2.33. The lowest BCUT2D eigenvalue weighted by Gasteiger charge is -2.36. The van der Waals surface area contributed by atoms with E-state index in [1.54, 1.807) is 6.07 Å². The van der Waals surface area contributed by atoms with Gasteiger partial charge in [0.15, 0.2) is 0 Å². The Morgan fingerprint density at radius 3 is 2.83 bits per heavy atom. The molecule has 6 heteroatoms. The van der Waals surface area contributed by atoms with Crippen molar-refractivity contribution >= 4 is 23.2 Å². The Labute approximate surface area is 147 Å². The molecule has 132 valence electrons. The lowest BCUT2D eigenvalue weighted by atomic mass is 9.87. The van der Waals surface area contributed by atoms with E-state index in [1.165, 1.54) is 18.6 Å². The van der Waals surface area contributed by atoms with E-state index >= 15 is 0 Å². The van der Waals surface area contributed by atoms with Crippen LogP contribution in [-0.2, 0) is 4.79 Å². The topological polar surface area (TPSA) is 44.4 Å². The number of nitrogens with zero attached hydrogens (tertiary/aromatic N) is 1. The average Bonchev–Trinajstić information content (AvgIpc) is 2.98. The van der Waals surface area contributed by atoms with Gasteiger partial charge in [-0.25, -0.2) is 4.39 Å². The first-order valence-corrected chi connectivity index (χ1v) is 9.02. The number of benzene rings is 1. The fourth-order valence-electron chi connectivity index (χ4n) is 3.71. The van der Waals surface area contributed by atoms with Gasteiger partial charge in [-0.2, -0.15) is 0 Å². The van der Waals surface area contributed by atoms with Crippen LogP contribution in [0.2, 0.25) is 5.02 Å². The third-order valence-corrected chi connectivity index (χ3v) is 5.50. The first kappa shape index (κ1) is 17.6. The molecule has 1 atom stereocenters. The van der Waals surface area contributed by atoms with E-state index in [2.05, 4.69) is 22.5 Å². The maximum Gasteiger partial charge on any atom is 0.227 e. The number of hydrogen-bond acceptors (Lipinski definition) is 3. The van der Waals surface area contributed by atoms with Crippen LogP contribution in [0.25, 0.3) is 0 Å². The quantitative estimate of drug-likeness (QED) is 0.874. The van der Waals surface area contributed by atoms with Crippen molar-refractivity contribution in [3.05, 3.63) is 29.0 Å². The summed E-state index contributed by atoms with van der Waals surface area (Å²) in [5.41, 5.74) is 0.915. The Bertz CT molecular complexity index is 596. The number of piperidine rings is 1. The van der Waals surface area contributed by atoms with Gasteiger partial charge in [0.2, 0.25) is 5.91 Å². The van der Waals surface area contributed by atoms with Gasteiger partial charge in [-0.15, -0.1) is 0 Å². The van der Waals surface area contributed by atoms with Crippen LogP contribution < -0.4 is 10.6 Å². The molecule has 2 heterocycles. The summed E-state index contributed by atoms with van der Waals surface area (Å²) in [4.78, 5) is 14.9. The van der Waals surface area contributed by atoms with E-state index < -0.39 is 5.82 Å². The van der Waals surface area contributed by atoms with Crippen LogP contribution >= 0.6 is 11.6 Å². The van der Waals surface area contributed by atoms with Gasteiger partial charge in [0.25, 0.3) is 0 Å². The van der Waals surface area contributed by atoms with Crippen molar-refractivity contribution in [1.29, 1.82) is 0 Å². The molecule has 2 fully saturated rings. The van der Waals surface area contributed by atoms with Gasteiger partial charge in [-0.1, -0.05) is 18.5 Å². The standard InChI is InChI=1S/C18H25ClFN3O/c1-18(6-7-21-11-18)12-23-8-4-13(5-9-23)17(24)22-14-2-3-16(20)15(19)10-14/h2-3,10,13,21H,4-9,11-12H2,1H3,(H,22,24). The first-order chi connectivity index (χ1) is 11.5. The summed E-state index contributed by atoms with van der Waals surface area (Å²) in [6.07, 6.45) is 2.95. The number of nitrogens with one attached hydrogen (secondary N) is 2. The highest BCUT2D eigenvalue weighted by atomic mass is 35.5. The van der Waals surface area contributed by atoms with E-state index in [4.69, 9.17) is 11.6 Å². The number of amides is 1. The van der Waals surface area contributed by atoms with E-state index in [9.17, 15) is 9.18 Å². The van der Waals surface area contributed by atoms with E-state index in [0.29, 0.717) is 11.1 Å². The molecule has 0 bridgehead atoms. The number of anilines is 1. The highest BCUT2D eigenvalue weighted by molar-refractivity contribution is 6.31. The van der Waals surface area contributed by atoms with Crippen molar-refractivity contribution in [2.24, 2.45) is 11.3 Å². The lowest BCUT2D eigenvalue weighted by molar-refractivity contribution is -0.121. The predicted molar refractivity (Wildman–Crippen MR) is 94.8 cm³/mol. The number of halogens is 2. The molecular weight excluding hydrogens is 329 g/mol. The average molecular weight is 354 g/mol. The zero-order valence-corrected chi connectivity index (χ0v) is 14.8. The molecule has 4 nitrogen and oxygen atoms in total. The molecule has 24 heavy (non-hydrogen) atoms. The third-order valence-electron chi connectivity index (χ3n) is 5.21. The first-order valence-electron chi connectivity index (χ1n) is 8.64. The third kappa shape index (κ3) is 4.26. The maximum absolute atomic E-state index is 13.2. The van der Waals surface area contributed by atoms with Gasteiger partial charge in [-0.3, -0.25) is 4.79 Å². The minimum absolute atomic E-state index is 0.00562. The number of likely N-dealkylation sites (tertiary alicyclic amines) is 1. The summed E-state index contributed by atoms with van der Waals surface area (Å²) in [6, 6.07) is 4.27. The molecule has 1 aromatic rings. The normalized spacial score (nSPS) is 25.8.